The fourth-order valence-corrected chi connectivity index (χ4v) is 1.82. The molecule has 2 aromatic carbocycles. The van der Waals surface area contributed by atoms with Gasteiger partial charge in [0.25, 0.3) is 0 Å². The van der Waals surface area contributed by atoms with E-state index in [0.717, 1.165) is 5.56 Å². The molecule has 0 saturated heterocycles. The summed E-state index contributed by atoms with van der Waals surface area (Å²) in [4.78, 5) is 23.0. The van der Waals surface area contributed by atoms with Gasteiger partial charge in [-0.25, -0.2) is 4.79 Å². The van der Waals surface area contributed by atoms with E-state index in [1.165, 1.54) is 18.2 Å². The molecule has 20 heavy (non-hydrogen) atoms. The number of ketones is 1. The van der Waals surface area contributed by atoms with Crippen LogP contribution in [0.3, 0.4) is 0 Å². The number of hydrogen-bond acceptors (Lipinski definition) is 2. The third kappa shape index (κ3) is 3.20. The maximum atomic E-state index is 12.0. The van der Waals surface area contributed by atoms with E-state index in [0.29, 0.717) is 11.1 Å². The Morgan fingerprint density at radius 3 is 2.30 bits per heavy atom. The number of carboxylic acids is 1. The van der Waals surface area contributed by atoms with Gasteiger partial charge in [-0.1, -0.05) is 54.1 Å². The third-order valence-corrected chi connectivity index (χ3v) is 2.94. The largest absolute Gasteiger partial charge is 0.478 e. The zero-order valence-electron chi connectivity index (χ0n) is 11.0. The Morgan fingerprint density at radius 2 is 1.65 bits per heavy atom. The average Bonchev–Trinajstić information content (AvgIpc) is 2.45. The summed E-state index contributed by atoms with van der Waals surface area (Å²) in [5.41, 5.74) is 2.36. The lowest BCUT2D eigenvalue weighted by Gasteiger charge is -2.00. The van der Waals surface area contributed by atoms with Crippen LogP contribution in [0.4, 0.5) is 0 Å². The predicted molar refractivity (Wildman–Crippen MR) is 77.9 cm³/mol. The van der Waals surface area contributed by atoms with Crippen LogP contribution in [0.2, 0.25) is 0 Å². The first kappa shape index (κ1) is 13.7. The van der Waals surface area contributed by atoms with Gasteiger partial charge in [0.2, 0.25) is 0 Å². The monoisotopic (exact) mass is 266 g/mol. The molecule has 0 heterocycles. The maximum absolute atomic E-state index is 12.0. The van der Waals surface area contributed by atoms with E-state index in [2.05, 4.69) is 0 Å². The second kappa shape index (κ2) is 5.97. The van der Waals surface area contributed by atoms with Gasteiger partial charge in [0.15, 0.2) is 5.78 Å². The third-order valence-electron chi connectivity index (χ3n) is 2.94. The number of carbonyl (C=O) groups is 2. The van der Waals surface area contributed by atoms with Gasteiger partial charge in [-0.15, -0.1) is 0 Å². The number of aromatic carboxylic acids is 1. The second-order valence-electron chi connectivity index (χ2n) is 4.46. The van der Waals surface area contributed by atoms with Crippen molar-refractivity contribution in [3.63, 3.8) is 0 Å². The first-order valence-electron chi connectivity index (χ1n) is 6.19. The van der Waals surface area contributed by atoms with E-state index < -0.39 is 5.97 Å². The average molecular weight is 266 g/mol. The molecular formula is C17H14O3. The van der Waals surface area contributed by atoms with Crippen molar-refractivity contribution in [1.82, 2.24) is 0 Å². The highest BCUT2D eigenvalue weighted by Crippen LogP contribution is 2.12. The molecule has 0 spiro atoms. The Labute approximate surface area is 117 Å². The highest BCUT2D eigenvalue weighted by Gasteiger charge is 2.07. The number of benzene rings is 2. The number of hydrogen-bond donors (Lipinski definition) is 1. The maximum Gasteiger partial charge on any atom is 0.336 e. The van der Waals surface area contributed by atoms with Crippen LogP contribution in [-0.2, 0) is 0 Å². The van der Waals surface area contributed by atoms with Crippen molar-refractivity contribution >= 4 is 17.8 Å². The van der Waals surface area contributed by atoms with Gasteiger partial charge >= 0.3 is 5.97 Å². The second-order valence-corrected chi connectivity index (χ2v) is 4.46. The van der Waals surface area contributed by atoms with Crippen molar-refractivity contribution in [2.24, 2.45) is 0 Å². The number of allylic oxidation sites excluding steroid dienone is 1. The van der Waals surface area contributed by atoms with Crippen LogP contribution in [0.5, 0.6) is 0 Å². The molecule has 100 valence electrons. The molecule has 0 bridgehead atoms. The number of carbonyl (C=O) groups excluding carboxylic acids is 1. The SMILES string of the molecule is Cc1ccc(C(=O)/C=C/c2ccccc2C(=O)O)cc1. The molecule has 1 N–H and O–H groups in total. The van der Waals surface area contributed by atoms with Crippen LogP contribution in [0, 0.1) is 6.92 Å². The van der Waals surface area contributed by atoms with E-state index in [1.807, 2.05) is 19.1 Å². The highest BCUT2D eigenvalue weighted by molar-refractivity contribution is 6.07. The van der Waals surface area contributed by atoms with E-state index >= 15 is 0 Å². The first-order chi connectivity index (χ1) is 9.58. The van der Waals surface area contributed by atoms with Crippen molar-refractivity contribution in [2.75, 3.05) is 0 Å². The lowest BCUT2D eigenvalue weighted by atomic mass is 10.0. The van der Waals surface area contributed by atoms with Gasteiger partial charge in [0, 0.05) is 5.56 Å². The van der Waals surface area contributed by atoms with Crippen molar-refractivity contribution in [1.29, 1.82) is 0 Å². The molecular weight excluding hydrogens is 252 g/mol. The minimum absolute atomic E-state index is 0.148. The zero-order chi connectivity index (χ0) is 14.5. The molecule has 3 nitrogen and oxygen atoms in total. The molecule has 0 aliphatic carbocycles. The van der Waals surface area contributed by atoms with E-state index in [4.69, 9.17) is 5.11 Å². The number of aryl methyl sites for hydroxylation is 1. The molecule has 0 fully saturated rings. The standard InChI is InChI=1S/C17H14O3/c1-12-6-8-14(9-7-12)16(18)11-10-13-4-2-3-5-15(13)17(19)20/h2-11H,1H3,(H,19,20)/b11-10+. The highest BCUT2D eigenvalue weighted by atomic mass is 16.4. The van der Waals surface area contributed by atoms with Gasteiger partial charge < -0.3 is 5.11 Å². The smallest absolute Gasteiger partial charge is 0.336 e. The normalized spacial score (nSPS) is 10.7. The minimum Gasteiger partial charge on any atom is -0.478 e. The molecule has 0 atom stereocenters. The molecule has 0 unspecified atom stereocenters. The van der Waals surface area contributed by atoms with Crippen molar-refractivity contribution in [2.45, 2.75) is 6.92 Å². The van der Waals surface area contributed by atoms with Crippen LogP contribution in [0.15, 0.2) is 54.6 Å². The lowest BCUT2D eigenvalue weighted by Crippen LogP contribution is -1.99. The van der Waals surface area contributed by atoms with E-state index in [1.54, 1.807) is 30.3 Å². The molecule has 0 radical (unpaired) electrons. The van der Waals surface area contributed by atoms with E-state index in [-0.39, 0.29) is 11.3 Å². The summed E-state index contributed by atoms with van der Waals surface area (Å²) in [6, 6.07) is 13.8. The number of carboxylic acid groups (broad SMARTS) is 1. The summed E-state index contributed by atoms with van der Waals surface area (Å²) in [7, 11) is 0. The quantitative estimate of drug-likeness (QED) is 0.679. The van der Waals surface area contributed by atoms with Gasteiger partial charge in [-0.3, -0.25) is 4.79 Å². The van der Waals surface area contributed by atoms with Gasteiger partial charge in [0.1, 0.15) is 0 Å². The zero-order valence-corrected chi connectivity index (χ0v) is 11.0. The van der Waals surface area contributed by atoms with Crippen LogP contribution < -0.4 is 0 Å². The van der Waals surface area contributed by atoms with E-state index in [9.17, 15) is 9.59 Å². The van der Waals surface area contributed by atoms with Crippen LogP contribution >= 0.6 is 0 Å². The molecule has 3 heteroatoms. The van der Waals surface area contributed by atoms with Crippen molar-refractivity contribution in [3.05, 3.63) is 76.9 Å². The Bertz CT molecular complexity index is 667. The van der Waals surface area contributed by atoms with Crippen LogP contribution in [0.1, 0.15) is 31.8 Å². The molecule has 2 aromatic rings. The topological polar surface area (TPSA) is 54.4 Å². The summed E-state index contributed by atoms with van der Waals surface area (Å²) in [6.45, 7) is 1.95. The van der Waals surface area contributed by atoms with Gasteiger partial charge in [-0.05, 0) is 24.6 Å². The van der Waals surface area contributed by atoms with Crippen molar-refractivity contribution in [3.8, 4) is 0 Å². The fraction of sp³-hybridized carbons (Fsp3) is 0.0588. The summed E-state index contributed by atoms with van der Waals surface area (Å²) < 4.78 is 0. The molecule has 0 amide bonds. The molecule has 0 aromatic heterocycles. The number of rotatable bonds is 4. The summed E-state index contributed by atoms with van der Waals surface area (Å²) in [5.74, 6) is -1.15. The Kier molecular flexibility index (Phi) is 4.11. The molecule has 0 saturated carbocycles. The fourth-order valence-electron chi connectivity index (χ4n) is 1.82. The molecule has 2 rings (SSSR count). The summed E-state index contributed by atoms with van der Waals surface area (Å²) in [6.07, 6.45) is 2.93. The first-order valence-corrected chi connectivity index (χ1v) is 6.19. The minimum atomic E-state index is -1.01. The van der Waals surface area contributed by atoms with Gasteiger partial charge in [0.05, 0.1) is 5.56 Å². The summed E-state index contributed by atoms with van der Waals surface area (Å²) in [5, 5.41) is 9.06. The summed E-state index contributed by atoms with van der Waals surface area (Å²) >= 11 is 0. The lowest BCUT2D eigenvalue weighted by molar-refractivity contribution is 0.0696. The van der Waals surface area contributed by atoms with Crippen LogP contribution in [-0.4, -0.2) is 16.9 Å². The Hall–Kier alpha value is -2.68. The molecule has 0 aliphatic rings. The predicted octanol–water partition coefficient (Wildman–Crippen LogP) is 3.59. The van der Waals surface area contributed by atoms with Crippen LogP contribution in [0.25, 0.3) is 6.08 Å². The molecule has 0 aliphatic heterocycles. The Balaban J connectivity index is 2.23. The Morgan fingerprint density at radius 1 is 1.00 bits per heavy atom. The van der Waals surface area contributed by atoms with Gasteiger partial charge in [-0.2, -0.15) is 0 Å². The van der Waals surface area contributed by atoms with Crippen molar-refractivity contribution < 1.29 is 14.7 Å².